The molecule has 1 aromatic heterocycles. The Labute approximate surface area is 171 Å². The van der Waals surface area contributed by atoms with Crippen molar-refractivity contribution < 1.29 is 9.59 Å². The lowest BCUT2D eigenvalue weighted by Crippen LogP contribution is -2.22. The molecule has 0 aliphatic heterocycles. The molecule has 27 heavy (non-hydrogen) atoms. The first-order valence-corrected chi connectivity index (χ1v) is 9.51. The van der Waals surface area contributed by atoms with E-state index in [1.54, 1.807) is 32.3 Å². The molecule has 0 unspecified atom stereocenters. The third kappa shape index (κ3) is 3.87. The largest absolute Gasteiger partial charge is 0.345 e. The summed E-state index contributed by atoms with van der Waals surface area (Å²) < 4.78 is 2.95. The Hall–Kier alpha value is -2.31. The van der Waals surface area contributed by atoms with Crippen molar-refractivity contribution in [2.45, 2.75) is 13.5 Å². The van der Waals surface area contributed by atoms with Crippen LogP contribution in [0.5, 0.6) is 0 Å². The highest BCUT2D eigenvalue weighted by molar-refractivity contribution is 9.10. The number of fused-ring (bicyclic) bond motifs is 1. The van der Waals surface area contributed by atoms with Gasteiger partial charge in [-0.2, -0.15) is 0 Å². The Morgan fingerprint density at radius 2 is 1.89 bits per heavy atom. The molecule has 2 amide bonds. The standard InChI is InChI=1S/C20H19BrClN3O2/c1-12-19(21)15-6-4-5-7-17(15)25(12)11-18(26)23-13-8-9-14(16(22)10-13)20(27)24(2)3/h4-10H,11H2,1-3H3,(H,23,26). The van der Waals surface area contributed by atoms with Crippen molar-refractivity contribution in [2.24, 2.45) is 0 Å². The lowest BCUT2D eigenvalue weighted by atomic mass is 10.2. The quantitative estimate of drug-likeness (QED) is 0.628. The van der Waals surface area contributed by atoms with Crippen molar-refractivity contribution >= 4 is 55.9 Å². The SMILES string of the molecule is Cc1c(Br)c2ccccc2n1CC(=O)Nc1ccc(C(=O)N(C)C)c(Cl)c1. The second-order valence-corrected chi connectivity index (χ2v) is 7.65. The first-order valence-electron chi connectivity index (χ1n) is 8.34. The second-order valence-electron chi connectivity index (χ2n) is 6.45. The number of nitrogens with zero attached hydrogens (tertiary/aromatic N) is 2. The minimum atomic E-state index is -0.183. The Morgan fingerprint density at radius 3 is 2.56 bits per heavy atom. The van der Waals surface area contributed by atoms with Crippen molar-refractivity contribution in [3.05, 3.63) is 63.2 Å². The van der Waals surface area contributed by atoms with Crippen LogP contribution in [0.25, 0.3) is 10.9 Å². The second kappa shape index (κ2) is 7.74. The number of amides is 2. The topological polar surface area (TPSA) is 54.3 Å². The zero-order valence-electron chi connectivity index (χ0n) is 15.2. The average molecular weight is 449 g/mol. The number of rotatable bonds is 4. The molecule has 0 atom stereocenters. The Morgan fingerprint density at radius 1 is 1.19 bits per heavy atom. The summed E-state index contributed by atoms with van der Waals surface area (Å²) in [6.45, 7) is 2.14. The van der Waals surface area contributed by atoms with E-state index in [1.165, 1.54) is 4.90 Å². The van der Waals surface area contributed by atoms with Crippen LogP contribution < -0.4 is 5.32 Å². The molecule has 7 heteroatoms. The summed E-state index contributed by atoms with van der Waals surface area (Å²) >= 11 is 9.80. The molecule has 3 aromatic rings. The predicted molar refractivity (Wildman–Crippen MR) is 112 cm³/mol. The van der Waals surface area contributed by atoms with E-state index in [9.17, 15) is 9.59 Å². The summed E-state index contributed by atoms with van der Waals surface area (Å²) in [4.78, 5) is 26.1. The van der Waals surface area contributed by atoms with Gasteiger partial charge in [-0.25, -0.2) is 0 Å². The first kappa shape index (κ1) is 19.5. The molecule has 1 N–H and O–H groups in total. The summed E-state index contributed by atoms with van der Waals surface area (Å²) in [5, 5.41) is 4.21. The lowest BCUT2D eigenvalue weighted by Gasteiger charge is -2.13. The van der Waals surface area contributed by atoms with Crippen LogP contribution in [0.3, 0.4) is 0 Å². The smallest absolute Gasteiger partial charge is 0.254 e. The van der Waals surface area contributed by atoms with Crippen molar-refractivity contribution in [1.82, 2.24) is 9.47 Å². The number of hydrogen-bond acceptors (Lipinski definition) is 2. The zero-order valence-corrected chi connectivity index (χ0v) is 17.6. The van der Waals surface area contributed by atoms with Gasteiger partial charge >= 0.3 is 0 Å². The average Bonchev–Trinajstić information content (AvgIpc) is 2.86. The highest BCUT2D eigenvalue weighted by Gasteiger charge is 2.16. The Bertz CT molecular complexity index is 1040. The molecule has 0 fully saturated rings. The molecule has 3 rings (SSSR count). The summed E-state index contributed by atoms with van der Waals surface area (Å²) in [7, 11) is 3.33. The molecule has 5 nitrogen and oxygen atoms in total. The third-order valence-electron chi connectivity index (χ3n) is 4.34. The number of benzene rings is 2. The summed E-state index contributed by atoms with van der Waals surface area (Å²) in [5.41, 5.74) is 2.92. The minimum absolute atomic E-state index is 0.172. The van der Waals surface area contributed by atoms with Crippen molar-refractivity contribution in [2.75, 3.05) is 19.4 Å². The summed E-state index contributed by atoms with van der Waals surface area (Å²) in [6.07, 6.45) is 0. The highest BCUT2D eigenvalue weighted by Crippen LogP contribution is 2.30. The van der Waals surface area contributed by atoms with Crippen molar-refractivity contribution in [1.29, 1.82) is 0 Å². The van der Waals surface area contributed by atoms with Crippen LogP contribution in [0.15, 0.2) is 46.9 Å². The predicted octanol–water partition coefficient (Wildman–Crippen LogP) is 4.71. The van der Waals surface area contributed by atoms with Gasteiger partial charge in [-0.15, -0.1) is 0 Å². The van der Waals surface area contributed by atoms with E-state index in [1.807, 2.05) is 35.8 Å². The van der Waals surface area contributed by atoms with Gasteiger partial charge in [0.15, 0.2) is 0 Å². The molecule has 0 saturated heterocycles. The number of halogens is 2. The minimum Gasteiger partial charge on any atom is -0.345 e. The van der Waals surface area contributed by atoms with E-state index in [2.05, 4.69) is 21.2 Å². The van der Waals surface area contributed by atoms with Gasteiger partial charge in [0.1, 0.15) is 6.54 Å². The van der Waals surface area contributed by atoms with Crippen LogP contribution in [0.4, 0.5) is 5.69 Å². The van der Waals surface area contributed by atoms with E-state index in [-0.39, 0.29) is 18.4 Å². The summed E-state index contributed by atoms with van der Waals surface area (Å²) in [6, 6.07) is 12.8. The van der Waals surface area contributed by atoms with Crippen LogP contribution in [-0.4, -0.2) is 35.4 Å². The molecular weight excluding hydrogens is 430 g/mol. The number of anilines is 1. The van der Waals surface area contributed by atoms with Gasteiger partial charge in [0.25, 0.3) is 5.91 Å². The Kier molecular flexibility index (Phi) is 5.58. The molecule has 0 spiro atoms. The zero-order chi connectivity index (χ0) is 19.7. The molecule has 0 aliphatic rings. The maximum atomic E-state index is 12.6. The monoisotopic (exact) mass is 447 g/mol. The van der Waals surface area contributed by atoms with E-state index >= 15 is 0 Å². The van der Waals surface area contributed by atoms with Gasteiger partial charge in [-0.3, -0.25) is 9.59 Å². The van der Waals surface area contributed by atoms with Gasteiger partial charge in [0.2, 0.25) is 5.91 Å². The molecule has 0 aliphatic carbocycles. The molecule has 2 aromatic carbocycles. The fraction of sp³-hybridized carbons (Fsp3) is 0.200. The lowest BCUT2D eigenvalue weighted by molar-refractivity contribution is -0.116. The van der Waals surface area contributed by atoms with E-state index in [0.29, 0.717) is 16.3 Å². The van der Waals surface area contributed by atoms with Crippen molar-refractivity contribution in [3.8, 4) is 0 Å². The fourth-order valence-electron chi connectivity index (χ4n) is 2.94. The van der Waals surface area contributed by atoms with Gasteiger partial charge in [-0.1, -0.05) is 29.8 Å². The molecule has 140 valence electrons. The molecule has 0 bridgehead atoms. The fourth-order valence-corrected chi connectivity index (χ4v) is 3.75. The number of para-hydroxylation sites is 1. The van der Waals surface area contributed by atoms with E-state index < -0.39 is 0 Å². The van der Waals surface area contributed by atoms with Gasteiger partial charge in [0, 0.05) is 40.9 Å². The van der Waals surface area contributed by atoms with Crippen LogP contribution >= 0.6 is 27.5 Å². The highest BCUT2D eigenvalue weighted by atomic mass is 79.9. The first-order chi connectivity index (χ1) is 12.8. The number of carbonyl (C=O) groups excluding carboxylic acids is 2. The number of carbonyl (C=O) groups is 2. The summed E-state index contributed by atoms with van der Waals surface area (Å²) in [5.74, 6) is -0.355. The molecule has 0 saturated carbocycles. The molecule has 1 heterocycles. The number of nitrogens with one attached hydrogen (secondary N) is 1. The van der Waals surface area contributed by atoms with E-state index in [4.69, 9.17) is 11.6 Å². The van der Waals surface area contributed by atoms with Crippen LogP contribution in [-0.2, 0) is 11.3 Å². The maximum absolute atomic E-state index is 12.6. The normalized spacial score (nSPS) is 10.9. The van der Waals surface area contributed by atoms with Gasteiger partial charge in [0.05, 0.1) is 10.6 Å². The van der Waals surface area contributed by atoms with Gasteiger partial charge < -0.3 is 14.8 Å². The maximum Gasteiger partial charge on any atom is 0.254 e. The van der Waals surface area contributed by atoms with Crippen molar-refractivity contribution in [3.63, 3.8) is 0 Å². The molecule has 0 radical (unpaired) electrons. The Balaban J connectivity index is 1.80. The molecular formula is C20H19BrClN3O2. The number of aromatic nitrogens is 1. The third-order valence-corrected chi connectivity index (χ3v) is 5.66. The van der Waals surface area contributed by atoms with E-state index in [0.717, 1.165) is 21.1 Å². The number of hydrogen-bond donors (Lipinski definition) is 1. The van der Waals surface area contributed by atoms with Gasteiger partial charge in [-0.05, 0) is 47.1 Å². The van der Waals surface area contributed by atoms with Crippen LogP contribution in [0.2, 0.25) is 5.02 Å². The van der Waals surface area contributed by atoms with Crippen LogP contribution in [0, 0.1) is 6.92 Å². The van der Waals surface area contributed by atoms with Crippen LogP contribution in [0.1, 0.15) is 16.1 Å².